The Labute approximate surface area is 132 Å². The number of ketones is 1. The average molecular weight is 321 g/mol. The first kappa shape index (κ1) is 16.5. The molecule has 7 heteroatoms. The summed E-state index contributed by atoms with van der Waals surface area (Å²) < 4.78 is 2.45. The normalized spacial score (nSPS) is 11.1. The number of aryl methyl sites for hydroxylation is 2. The van der Waals surface area contributed by atoms with Crippen molar-refractivity contribution in [3.05, 3.63) is 32.6 Å². The molecule has 0 fully saturated rings. The SMILES string of the molecule is CCCc1cnc2c(c1SCC(C)=O)c(=O)n(C)c(=O)n2C. The standard InChI is InChI=1S/C15H19N3O3S/c1-5-6-10-7-16-13-11(12(10)22-8-9(2)19)14(20)18(4)15(21)17(13)3/h7H,5-6,8H2,1-4H3. The van der Waals surface area contributed by atoms with Crippen LogP contribution in [0.3, 0.4) is 0 Å². The highest BCUT2D eigenvalue weighted by Crippen LogP contribution is 2.28. The van der Waals surface area contributed by atoms with Crippen LogP contribution in [-0.4, -0.2) is 25.7 Å². The van der Waals surface area contributed by atoms with Gasteiger partial charge in [-0.1, -0.05) is 13.3 Å². The van der Waals surface area contributed by atoms with E-state index in [0.717, 1.165) is 27.9 Å². The van der Waals surface area contributed by atoms with E-state index in [1.165, 1.54) is 30.3 Å². The summed E-state index contributed by atoms with van der Waals surface area (Å²) >= 11 is 1.34. The summed E-state index contributed by atoms with van der Waals surface area (Å²) in [5.74, 6) is 0.334. The van der Waals surface area contributed by atoms with Crippen molar-refractivity contribution in [3.63, 3.8) is 0 Å². The molecular weight excluding hydrogens is 302 g/mol. The van der Waals surface area contributed by atoms with Crippen molar-refractivity contribution in [1.82, 2.24) is 14.1 Å². The number of aromatic nitrogens is 3. The van der Waals surface area contributed by atoms with Crippen molar-refractivity contribution >= 4 is 28.6 Å². The summed E-state index contributed by atoms with van der Waals surface area (Å²) in [6, 6.07) is 0. The minimum atomic E-state index is -0.407. The molecule has 2 rings (SSSR count). The number of rotatable bonds is 5. The van der Waals surface area contributed by atoms with Gasteiger partial charge in [0.2, 0.25) is 0 Å². The average Bonchev–Trinajstić information content (AvgIpc) is 2.49. The largest absolute Gasteiger partial charge is 0.332 e. The fourth-order valence-corrected chi connectivity index (χ4v) is 3.34. The van der Waals surface area contributed by atoms with Crippen molar-refractivity contribution in [1.29, 1.82) is 0 Å². The van der Waals surface area contributed by atoms with E-state index in [2.05, 4.69) is 4.98 Å². The lowest BCUT2D eigenvalue weighted by molar-refractivity contribution is -0.114. The monoisotopic (exact) mass is 321 g/mol. The minimum Gasteiger partial charge on any atom is -0.299 e. The Morgan fingerprint density at radius 2 is 1.95 bits per heavy atom. The van der Waals surface area contributed by atoms with Crippen LogP contribution in [0.4, 0.5) is 0 Å². The summed E-state index contributed by atoms with van der Waals surface area (Å²) in [6.07, 6.45) is 3.38. The van der Waals surface area contributed by atoms with E-state index < -0.39 is 5.69 Å². The van der Waals surface area contributed by atoms with Crippen LogP contribution in [0, 0.1) is 0 Å². The van der Waals surface area contributed by atoms with Crippen LogP contribution in [0.1, 0.15) is 25.8 Å². The first-order valence-electron chi connectivity index (χ1n) is 7.08. The molecule has 6 nitrogen and oxygen atoms in total. The van der Waals surface area contributed by atoms with Crippen molar-refractivity contribution in [3.8, 4) is 0 Å². The number of carbonyl (C=O) groups is 1. The summed E-state index contributed by atoms with van der Waals surface area (Å²) in [7, 11) is 3.05. The van der Waals surface area contributed by atoms with E-state index >= 15 is 0 Å². The summed E-state index contributed by atoms with van der Waals surface area (Å²) in [6.45, 7) is 3.56. The van der Waals surface area contributed by atoms with Crippen LogP contribution in [-0.2, 0) is 25.3 Å². The third kappa shape index (κ3) is 2.85. The molecule has 0 aliphatic carbocycles. The van der Waals surface area contributed by atoms with Crippen molar-refractivity contribution in [2.24, 2.45) is 14.1 Å². The maximum Gasteiger partial charge on any atom is 0.332 e. The van der Waals surface area contributed by atoms with Gasteiger partial charge in [0.15, 0.2) is 0 Å². The number of nitrogens with zero attached hydrogens (tertiary/aromatic N) is 3. The molecule has 2 aromatic heterocycles. The number of Topliss-reactive ketones (excluding diaryl/α,β-unsaturated/α-hetero) is 1. The number of thioether (sulfide) groups is 1. The van der Waals surface area contributed by atoms with Crippen LogP contribution < -0.4 is 11.2 Å². The maximum absolute atomic E-state index is 12.5. The Morgan fingerprint density at radius 1 is 1.27 bits per heavy atom. The number of hydrogen-bond acceptors (Lipinski definition) is 5. The smallest absolute Gasteiger partial charge is 0.299 e. The molecule has 0 aliphatic heterocycles. The topological polar surface area (TPSA) is 74.0 Å². The van der Waals surface area contributed by atoms with Gasteiger partial charge in [0.25, 0.3) is 5.56 Å². The zero-order chi connectivity index (χ0) is 16.4. The van der Waals surface area contributed by atoms with E-state index in [9.17, 15) is 14.4 Å². The van der Waals surface area contributed by atoms with Gasteiger partial charge in [-0.2, -0.15) is 0 Å². The fraction of sp³-hybridized carbons (Fsp3) is 0.467. The second kappa shape index (κ2) is 6.48. The van der Waals surface area contributed by atoms with E-state index in [1.807, 2.05) is 6.92 Å². The molecule has 0 spiro atoms. The van der Waals surface area contributed by atoms with Gasteiger partial charge in [0.05, 0.1) is 11.1 Å². The second-order valence-corrected chi connectivity index (χ2v) is 6.24. The Hall–Kier alpha value is -1.89. The third-order valence-corrected chi connectivity index (χ3v) is 4.74. The van der Waals surface area contributed by atoms with Crippen LogP contribution in [0.5, 0.6) is 0 Å². The summed E-state index contributed by atoms with van der Waals surface area (Å²) in [5, 5.41) is 0.418. The third-order valence-electron chi connectivity index (χ3n) is 3.43. The fourth-order valence-electron chi connectivity index (χ4n) is 2.33. The molecule has 118 valence electrons. The predicted octanol–water partition coefficient (Wildman–Crippen LogP) is 1.27. The Morgan fingerprint density at radius 3 is 2.55 bits per heavy atom. The van der Waals surface area contributed by atoms with Crippen LogP contribution in [0.2, 0.25) is 0 Å². The lowest BCUT2D eigenvalue weighted by Gasteiger charge is -2.13. The molecule has 0 bridgehead atoms. The zero-order valence-corrected chi connectivity index (χ0v) is 14.0. The Kier molecular flexibility index (Phi) is 4.85. The van der Waals surface area contributed by atoms with Crippen molar-refractivity contribution in [2.45, 2.75) is 31.6 Å². The quantitative estimate of drug-likeness (QED) is 0.775. The van der Waals surface area contributed by atoms with Gasteiger partial charge >= 0.3 is 5.69 Å². The maximum atomic E-state index is 12.5. The van der Waals surface area contributed by atoms with Gasteiger partial charge in [-0.15, -0.1) is 11.8 Å². The lowest BCUT2D eigenvalue weighted by Crippen LogP contribution is -2.37. The predicted molar refractivity (Wildman–Crippen MR) is 87.6 cm³/mol. The molecule has 0 N–H and O–H groups in total. The summed E-state index contributed by atoms with van der Waals surface area (Å²) in [5.41, 5.74) is 0.529. The molecule has 22 heavy (non-hydrogen) atoms. The molecule has 2 aromatic rings. The van der Waals surface area contributed by atoms with Crippen LogP contribution in [0.15, 0.2) is 20.7 Å². The minimum absolute atomic E-state index is 0.0408. The first-order chi connectivity index (χ1) is 10.4. The van der Waals surface area contributed by atoms with Crippen molar-refractivity contribution in [2.75, 3.05) is 5.75 Å². The van der Waals surface area contributed by atoms with E-state index in [-0.39, 0.29) is 11.3 Å². The van der Waals surface area contributed by atoms with Crippen molar-refractivity contribution < 1.29 is 4.79 Å². The van der Waals surface area contributed by atoms with Gasteiger partial charge in [0.1, 0.15) is 11.4 Å². The van der Waals surface area contributed by atoms with Gasteiger partial charge < -0.3 is 0 Å². The second-order valence-electron chi connectivity index (χ2n) is 5.26. The molecule has 0 radical (unpaired) electrons. The highest BCUT2D eigenvalue weighted by molar-refractivity contribution is 8.00. The molecule has 0 amide bonds. The number of hydrogen-bond donors (Lipinski definition) is 0. The van der Waals surface area contributed by atoms with Gasteiger partial charge in [-0.25, -0.2) is 9.78 Å². The first-order valence-corrected chi connectivity index (χ1v) is 8.06. The van der Waals surface area contributed by atoms with E-state index in [1.54, 1.807) is 13.2 Å². The molecule has 0 aromatic carbocycles. The van der Waals surface area contributed by atoms with Crippen LogP contribution in [0.25, 0.3) is 11.0 Å². The molecule has 0 unspecified atom stereocenters. The zero-order valence-electron chi connectivity index (χ0n) is 13.2. The van der Waals surface area contributed by atoms with Gasteiger partial charge in [0, 0.05) is 25.2 Å². The molecule has 2 heterocycles. The molecule has 0 saturated carbocycles. The molecule has 0 aliphatic rings. The molecule has 0 saturated heterocycles. The lowest BCUT2D eigenvalue weighted by atomic mass is 10.1. The van der Waals surface area contributed by atoms with Crippen LogP contribution >= 0.6 is 11.8 Å². The van der Waals surface area contributed by atoms with E-state index in [4.69, 9.17) is 0 Å². The number of carbonyl (C=O) groups excluding carboxylic acids is 1. The highest BCUT2D eigenvalue weighted by Gasteiger charge is 2.17. The Bertz CT molecular complexity index is 852. The highest BCUT2D eigenvalue weighted by atomic mass is 32.2. The van der Waals surface area contributed by atoms with Gasteiger partial charge in [-0.05, 0) is 18.9 Å². The number of pyridine rings is 1. The molecule has 0 atom stereocenters. The van der Waals surface area contributed by atoms with Gasteiger partial charge in [-0.3, -0.25) is 18.7 Å². The molecular formula is C15H19N3O3S. The summed E-state index contributed by atoms with van der Waals surface area (Å²) in [4.78, 5) is 40.9. The Balaban J connectivity index is 2.85. The number of fused-ring (bicyclic) bond motifs is 1. The van der Waals surface area contributed by atoms with E-state index in [0.29, 0.717) is 16.8 Å².